The van der Waals surface area contributed by atoms with Crippen molar-refractivity contribution in [3.05, 3.63) is 64.7 Å². The molecular formula is C18H17NO5S. The Bertz CT molecular complexity index is 965. The van der Waals surface area contributed by atoms with E-state index in [4.69, 9.17) is 5.11 Å². The van der Waals surface area contributed by atoms with Crippen molar-refractivity contribution in [1.29, 1.82) is 0 Å². The number of nitrogens with zero attached hydrogens (tertiary/aromatic N) is 1. The van der Waals surface area contributed by atoms with Crippen molar-refractivity contribution in [1.82, 2.24) is 0 Å². The lowest BCUT2D eigenvalue weighted by atomic mass is 10.1. The second-order valence-corrected chi connectivity index (χ2v) is 8.27. The quantitative estimate of drug-likeness (QED) is 0.903. The zero-order chi connectivity index (χ0) is 18.2. The molecular weight excluding hydrogens is 342 g/mol. The van der Waals surface area contributed by atoms with Crippen molar-refractivity contribution < 1.29 is 23.1 Å². The minimum Gasteiger partial charge on any atom is -0.478 e. The maximum atomic E-state index is 12.8. The summed E-state index contributed by atoms with van der Waals surface area (Å²) in [4.78, 5) is 25.5. The maximum absolute atomic E-state index is 12.8. The first-order chi connectivity index (χ1) is 11.7. The van der Waals surface area contributed by atoms with Crippen LogP contribution in [0.3, 0.4) is 0 Å². The zero-order valence-electron chi connectivity index (χ0n) is 13.6. The van der Waals surface area contributed by atoms with Gasteiger partial charge in [-0.1, -0.05) is 12.1 Å². The van der Waals surface area contributed by atoms with Crippen LogP contribution in [-0.2, 0) is 22.0 Å². The minimum atomic E-state index is -3.18. The van der Waals surface area contributed by atoms with Gasteiger partial charge in [-0.2, -0.15) is 0 Å². The Kier molecular flexibility index (Phi) is 4.34. The molecule has 2 aromatic carbocycles. The molecule has 6 nitrogen and oxygen atoms in total. The second-order valence-electron chi connectivity index (χ2n) is 6.13. The van der Waals surface area contributed by atoms with Crippen LogP contribution in [-0.4, -0.2) is 38.2 Å². The first-order valence-electron chi connectivity index (χ1n) is 7.69. The summed E-state index contributed by atoms with van der Waals surface area (Å²) in [6.45, 7) is 0.466. The third-order valence-electron chi connectivity index (χ3n) is 4.07. The first kappa shape index (κ1) is 17.2. The predicted octanol–water partition coefficient (Wildman–Crippen LogP) is 2.13. The lowest BCUT2D eigenvalue weighted by molar-refractivity contribution is 0.0696. The van der Waals surface area contributed by atoms with Gasteiger partial charge < -0.3 is 10.0 Å². The van der Waals surface area contributed by atoms with E-state index in [9.17, 15) is 18.0 Å². The number of sulfone groups is 1. The Balaban J connectivity index is 1.89. The number of benzene rings is 2. The number of hydrogen-bond acceptors (Lipinski definition) is 4. The van der Waals surface area contributed by atoms with E-state index in [1.54, 1.807) is 41.3 Å². The second kappa shape index (κ2) is 6.33. The molecule has 2 aromatic rings. The van der Waals surface area contributed by atoms with Crippen molar-refractivity contribution in [2.45, 2.75) is 12.2 Å². The van der Waals surface area contributed by atoms with E-state index in [0.717, 1.165) is 11.8 Å². The summed E-state index contributed by atoms with van der Waals surface area (Å²) in [6, 6.07) is 11.3. The number of rotatable bonds is 4. The number of aromatic carboxylic acids is 1. The Morgan fingerprint density at radius 1 is 1.12 bits per heavy atom. The Hall–Kier alpha value is -2.67. The number of carbonyl (C=O) groups excluding carboxylic acids is 1. The summed E-state index contributed by atoms with van der Waals surface area (Å²) in [6.07, 6.45) is 1.74. The normalized spacial score (nSPS) is 13.6. The first-order valence-corrected chi connectivity index (χ1v) is 9.75. The molecule has 0 radical (unpaired) electrons. The van der Waals surface area contributed by atoms with Crippen LogP contribution >= 0.6 is 0 Å². The molecule has 0 aromatic heterocycles. The number of anilines is 1. The van der Waals surface area contributed by atoms with Gasteiger partial charge in [0.2, 0.25) is 0 Å². The van der Waals surface area contributed by atoms with E-state index >= 15 is 0 Å². The molecule has 0 aliphatic carbocycles. The fraction of sp³-hybridized carbons (Fsp3) is 0.222. The number of hydrogen-bond donors (Lipinski definition) is 1. The van der Waals surface area contributed by atoms with Crippen LogP contribution in [0.1, 0.15) is 31.8 Å². The highest BCUT2D eigenvalue weighted by Crippen LogP contribution is 2.30. The van der Waals surface area contributed by atoms with Crippen molar-refractivity contribution in [2.75, 3.05) is 17.7 Å². The third kappa shape index (κ3) is 3.71. The van der Waals surface area contributed by atoms with Crippen LogP contribution in [0.5, 0.6) is 0 Å². The lowest BCUT2D eigenvalue weighted by Gasteiger charge is -2.18. The summed E-state index contributed by atoms with van der Waals surface area (Å²) in [5.74, 6) is -1.34. The molecule has 3 rings (SSSR count). The monoisotopic (exact) mass is 359 g/mol. The molecule has 1 heterocycles. The summed E-state index contributed by atoms with van der Waals surface area (Å²) >= 11 is 0. The Labute approximate surface area is 145 Å². The highest BCUT2D eigenvalue weighted by molar-refractivity contribution is 7.89. The van der Waals surface area contributed by atoms with Gasteiger partial charge in [-0.15, -0.1) is 0 Å². The largest absolute Gasteiger partial charge is 0.478 e. The molecule has 0 atom stereocenters. The molecule has 1 aliphatic heterocycles. The zero-order valence-corrected chi connectivity index (χ0v) is 14.4. The average molecular weight is 359 g/mol. The number of carboxylic acid groups (broad SMARTS) is 1. The fourth-order valence-electron chi connectivity index (χ4n) is 3.00. The summed E-state index contributed by atoms with van der Waals surface area (Å²) in [7, 11) is -3.18. The third-order valence-corrected chi connectivity index (χ3v) is 4.93. The van der Waals surface area contributed by atoms with Crippen LogP contribution in [0.4, 0.5) is 5.69 Å². The summed E-state index contributed by atoms with van der Waals surface area (Å²) < 4.78 is 22.9. The minimum absolute atomic E-state index is 0.118. The topological polar surface area (TPSA) is 91.8 Å². The average Bonchev–Trinajstić information content (AvgIpc) is 2.95. The van der Waals surface area contributed by atoms with Gasteiger partial charge >= 0.3 is 5.97 Å². The van der Waals surface area contributed by atoms with Gasteiger partial charge in [0.15, 0.2) is 9.84 Å². The summed E-state index contributed by atoms with van der Waals surface area (Å²) in [5, 5.41) is 9.06. The molecule has 130 valence electrons. The molecule has 1 aliphatic rings. The van der Waals surface area contributed by atoms with E-state index < -0.39 is 15.8 Å². The smallest absolute Gasteiger partial charge is 0.335 e. The van der Waals surface area contributed by atoms with Crippen LogP contribution in [0.15, 0.2) is 42.5 Å². The molecule has 7 heteroatoms. The van der Waals surface area contributed by atoms with E-state index in [1.807, 2.05) is 0 Å². The highest BCUT2D eigenvalue weighted by atomic mass is 32.2. The van der Waals surface area contributed by atoms with E-state index in [1.165, 1.54) is 6.07 Å². The van der Waals surface area contributed by atoms with Crippen molar-refractivity contribution >= 4 is 27.4 Å². The molecule has 0 unspecified atom stereocenters. The van der Waals surface area contributed by atoms with Crippen molar-refractivity contribution in [3.8, 4) is 0 Å². The van der Waals surface area contributed by atoms with Crippen molar-refractivity contribution in [3.63, 3.8) is 0 Å². The standard InChI is InChI=1S/C18H17NO5S/c1-25(23,24)11-12-3-2-4-14(9-12)17(20)19-8-7-13-10-15(18(21)22)5-6-16(13)19/h2-6,9-10H,7-8,11H2,1H3,(H,21,22). The van der Waals surface area contributed by atoms with E-state index in [0.29, 0.717) is 29.8 Å². The molecule has 1 N–H and O–H groups in total. The number of amides is 1. The Morgan fingerprint density at radius 2 is 1.88 bits per heavy atom. The Morgan fingerprint density at radius 3 is 2.56 bits per heavy atom. The maximum Gasteiger partial charge on any atom is 0.335 e. The van der Waals surface area contributed by atoms with Crippen molar-refractivity contribution in [2.24, 2.45) is 0 Å². The van der Waals surface area contributed by atoms with Gasteiger partial charge in [0.25, 0.3) is 5.91 Å². The van der Waals surface area contributed by atoms with Gasteiger partial charge in [-0.25, -0.2) is 13.2 Å². The SMILES string of the molecule is CS(=O)(=O)Cc1cccc(C(=O)N2CCc3cc(C(=O)O)ccc32)c1. The van der Waals surface area contributed by atoms with Crippen LogP contribution in [0.25, 0.3) is 0 Å². The molecule has 0 saturated heterocycles. The highest BCUT2D eigenvalue weighted by Gasteiger charge is 2.26. The molecule has 0 fully saturated rings. The fourth-order valence-corrected chi connectivity index (χ4v) is 3.78. The molecule has 0 spiro atoms. The molecule has 0 bridgehead atoms. The van der Waals surface area contributed by atoms with Crippen LogP contribution in [0, 0.1) is 0 Å². The van der Waals surface area contributed by atoms with E-state index in [-0.39, 0.29) is 17.2 Å². The molecule has 0 saturated carbocycles. The summed E-state index contributed by atoms with van der Waals surface area (Å²) in [5.41, 5.74) is 2.69. The van der Waals surface area contributed by atoms with E-state index in [2.05, 4.69) is 0 Å². The van der Waals surface area contributed by atoms with Gasteiger partial charge in [0, 0.05) is 24.1 Å². The predicted molar refractivity (Wildman–Crippen MR) is 93.8 cm³/mol. The number of carboxylic acids is 1. The van der Waals surface area contributed by atoms with Gasteiger partial charge in [0.05, 0.1) is 11.3 Å². The van der Waals surface area contributed by atoms with Crippen LogP contribution < -0.4 is 4.90 Å². The van der Waals surface area contributed by atoms with Gasteiger partial charge in [-0.3, -0.25) is 4.79 Å². The molecule has 25 heavy (non-hydrogen) atoms. The van der Waals surface area contributed by atoms with Gasteiger partial charge in [0.1, 0.15) is 0 Å². The number of carbonyl (C=O) groups is 2. The number of fused-ring (bicyclic) bond motifs is 1. The van der Waals surface area contributed by atoms with Gasteiger partial charge in [-0.05, 0) is 47.9 Å². The lowest BCUT2D eigenvalue weighted by Crippen LogP contribution is -2.29. The van der Waals surface area contributed by atoms with Crippen LogP contribution in [0.2, 0.25) is 0 Å². The molecule has 1 amide bonds.